The van der Waals surface area contributed by atoms with Gasteiger partial charge in [-0.25, -0.2) is 0 Å². The van der Waals surface area contributed by atoms with Crippen molar-refractivity contribution in [3.8, 4) is 0 Å². The van der Waals surface area contributed by atoms with Crippen molar-refractivity contribution in [1.29, 1.82) is 0 Å². The summed E-state index contributed by atoms with van der Waals surface area (Å²) in [5.74, 6) is 7.49. The van der Waals surface area contributed by atoms with Gasteiger partial charge in [0.25, 0.3) is 0 Å². The fourth-order valence-electron chi connectivity index (χ4n) is 5.14. The third-order valence-corrected chi connectivity index (χ3v) is 5.42. The minimum atomic E-state index is 1.24. The molecule has 0 aromatic rings. The second-order valence-corrected chi connectivity index (χ2v) is 5.32. The number of hydrogen-bond donors (Lipinski definition) is 0. The van der Waals surface area contributed by atoms with Gasteiger partial charge in [-0.3, -0.25) is 0 Å². The maximum Gasteiger partial charge on any atom is -0.0321 e. The fraction of sp³-hybridized carbons (Fsp3) is 1.00. The normalized spacial score (nSPS) is 69.8. The van der Waals surface area contributed by atoms with Crippen LogP contribution < -0.4 is 0 Å². The van der Waals surface area contributed by atoms with Crippen molar-refractivity contribution < 1.29 is 0 Å². The summed E-state index contributed by atoms with van der Waals surface area (Å²) in [5.41, 5.74) is 0. The van der Waals surface area contributed by atoms with E-state index in [-0.39, 0.29) is 0 Å². The Morgan fingerprint density at radius 2 is 1.09 bits per heavy atom. The molecule has 11 heavy (non-hydrogen) atoms. The van der Waals surface area contributed by atoms with Crippen molar-refractivity contribution in [2.45, 2.75) is 32.1 Å². The summed E-state index contributed by atoms with van der Waals surface area (Å²) in [6.45, 7) is 0. The highest BCUT2D eigenvalue weighted by Crippen LogP contribution is 2.74. The van der Waals surface area contributed by atoms with Gasteiger partial charge >= 0.3 is 0 Å². The van der Waals surface area contributed by atoms with E-state index in [1.165, 1.54) is 35.5 Å². The second kappa shape index (κ2) is 1.53. The highest BCUT2D eigenvalue weighted by atomic mass is 14.7. The van der Waals surface area contributed by atoms with E-state index in [0.29, 0.717) is 0 Å². The molecule has 0 heterocycles. The average Bonchev–Trinajstić information content (AvgIpc) is 2.36. The maximum absolute atomic E-state index is 1.61. The monoisotopic (exact) mass is 148 g/mol. The molecule has 6 aliphatic carbocycles. The highest BCUT2D eigenvalue weighted by Gasteiger charge is 2.68. The number of fused-ring (bicyclic) bond motifs is 2. The Morgan fingerprint density at radius 3 is 1.55 bits per heavy atom. The van der Waals surface area contributed by atoms with E-state index in [4.69, 9.17) is 0 Å². The molecule has 60 valence electrons. The van der Waals surface area contributed by atoms with Gasteiger partial charge in [-0.15, -0.1) is 0 Å². The molecule has 0 nitrogen and oxygen atoms in total. The van der Waals surface area contributed by atoms with Crippen molar-refractivity contribution in [1.82, 2.24) is 0 Å². The molecule has 0 saturated heterocycles. The first-order valence-electron chi connectivity index (χ1n) is 5.47. The Morgan fingerprint density at radius 1 is 0.545 bits per heavy atom. The fourth-order valence-corrected chi connectivity index (χ4v) is 5.14. The number of hydrogen-bond acceptors (Lipinski definition) is 0. The zero-order valence-electron chi connectivity index (χ0n) is 7.00. The molecular formula is C11H16. The summed E-state index contributed by atoms with van der Waals surface area (Å²) in [7, 11) is 0. The summed E-state index contributed by atoms with van der Waals surface area (Å²) in [4.78, 5) is 0. The van der Waals surface area contributed by atoms with Crippen LogP contribution in [0.5, 0.6) is 0 Å². The highest BCUT2D eigenvalue weighted by molar-refractivity contribution is 5.16. The lowest BCUT2D eigenvalue weighted by Gasteiger charge is -2.50. The summed E-state index contributed by atoms with van der Waals surface area (Å²) < 4.78 is 0. The standard InChI is InChI=1S/C11H16/c1-2-8-10-6-4-5-7(6)11(8)9(10)3-1/h6-11H,1-5H2. The lowest BCUT2D eigenvalue weighted by atomic mass is 9.55. The van der Waals surface area contributed by atoms with E-state index in [2.05, 4.69) is 0 Å². The first-order valence-corrected chi connectivity index (χ1v) is 5.47. The molecular weight excluding hydrogens is 132 g/mol. The van der Waals surface area contributed by atoms with E-state index in [1.807, 2.05) is 0 Å². The van der Waals surface area contributed by atoms with Crippen molar-refractivity contribution in [3.05, 3.63) is 0 Å². The molecule has 2 unspecified atom stereocenters. The van der Waals surface area contributed by atoms with Crippen LogP contribution in [0.2, 0.25) is 0 Å². The molecule has 4 bridgehead atoms. The van der Waals surface area contributed by atoms with Crippen LogP contribution in [0.25, 0.3) is 0 Å². The van der Waals surface area contributed by atoms with Crippen molar-refractivity contribution in [3.63, 3.8) is 0 Å². The molecule has 6 saturated carbocycles. The van der Waals surface area contributed by atoms with Crippen LogP contribution >= 0.6 is 0 Å². The molecule has 0 radical (unpaired) electrons. The topological polar surface area (TPSA) is 0 Å². The molecule has 0 amide bonds. The van der Waals surface area contributed by atoms with Gasteiger partial charge < -0.3 is 0 Å². The molecule has 6 rings (SSSR count). The summed E-state index contributed by atoms with van der Waals surface area (Å²) in [5, 5.41) is 0. The van der Waals surface area contributed by atoms with Crippen LogP contribution in [0, 0.1) is 35.5 Å². The SMILES string of the molecule is C1CC2C3C4CCC4C2C3C1. The van der Waals surface area contributed by atoms with E-state index >= 15 is 0 Å². The lowest BCUT2D eigenvalue weighted by Crippen LogP contribution is -2.44. The van der Waals surface area contributed by atoms with Crippen LogP contribution in [0.15, 0.2) is 0 Å². The van der Waals surface area contributed by atoms with E-state index in [0.717, 1.165) is 0 Å². The molecule has 0 N–H and O–H groups in total. The molecule has 6 aliphatic rings. The van der Waals surface area contributed by atoms with Crippen molar-refractivity contribution in [2.24, 2.45) is 35.5 Å². The molecule has 0 aromatic carbocycles. The molecule has 0 aromatic heterocycles. The smallest absolute Gasteiger partial charge is 0.0321 e. The third kappa shape index (κ3) is 0.421. The van der Waals surface area contributed by atoms with Crippen LogP contribution in [0.4, 0.5) is 0 Å². The molecule has 0 heteroatoms. The van der Waals surface area contributed by atoms with Gasteiger partial charge in [0.15, 0.2) is 0 Å². The van der Waals surface area contributed by atoms with E-state index in [9.17, 15) is 0 Å². The van der Waals surface area contributed by atoms with Crippen LogP contribution in [-0.2, 0) is 0 Å². The Hall–Kier alpha value is 0. The van der Waals surface area contributed by atoms with E-state index in [1.54, 1.807) is 32.1 Å². The maximum atomic E-state index is 1.61. The first kappa shape index (κ1) is 5.61. The van der Waals surface area contributed by atoms with Crippen molar-refractivity contribution >= 4 is 0 Å². The zero-order valence-corrected chi connectivity index (χ0v) is 7.00. The molecule has 2 atom stereocenters. The van der Waals surface area contributed by atoms with Crippen molar-refractivity contribution in [2.75, 3.05) is 0 Å². The van der Waals surface area contributed by atoms with Gasteiger partial charge in [-0.1, -0.05) is 6.42 Å². The van der Waals surface area contributed by atoms with Gasteiger partial charge in [-0.05, 0) is 61.2 Å². The van der Waals surface area contributed by atoms with E-state index < -0.39 is 0 Å². The average molecular weight is 148 g/mol. The quantitative estimate of drug-likeness (QED) is 0.495. The zero-order chi connectivity index (χ0) is 7.00. The Labute approximate surface area is 68.4 Å². The number of rotatable bonds is 0. The summed E-state index contributed by atoms with van der Waals surface area (Å²) in [6, 6.07) is 0. The van der Waals surface area contributed by atoms with Gasteiger partial charge in [0, 0.05) is 0 Å². The summed E-state index contributed by atoms with van der Waals surface area (Å²) >= 11 is 0. The molecule has 0 spiro atoms. The minimum Gasteiger partial charge on any atom is -0.0527 e. The van der Waals surface area contributed by atoms with Crippen LogP contribution in [-0.4, -0.2) is 0 Å². The second-order valence-electron chi connectivity index (χ2n) is 5.32. The predicted octanol–water partition coefficient (Wildman–Crippen LogP) is 2.69. The van der Waals surface area contributed by atoms with Gasteiger partial charge in [0.05, 0.1) is 0 Å². The van der Waals surface area contributed by atoms with Gasteiger partial charge in [0.1, 0.15) is 0 Å². The Kier molecular flexibility index (Phi) is 0.781. The van der Waals surface area contributed by atoms with Crippen LogP contribution in [0.3, 0.4) is 0 Å². The Balaban J connectivity index is 1.77. The predicted molar refractivity (Wildman–Crippen MR) is 44.0 cm³/mol. The molecule has 6 fully saturated rings. The largest absolute Gasteiger partial charge is 0.0527 e. The van der Waals surface area contributed by atoms with Gasteiger partial charge in [0.2, 0.25) is 0 Å². The van der Waals surface area contributed by atoms with Crippen LogP contribution in [0.1, 0.15) is 32.1 Å². The van der Waals surface area contributed by atoms with Gasteiger partial charge in [-0.2, -0.15) is 0 Å². The molecule has 0 aliphatic heterocycles. The first-order chi connectivity index (χ1) is 5.47. The third-order valence-electron chi connectivity index (χ3n) is 5.42. The minimum absolute atomic E-state index is 1.24. The Bertz CT molecular complexity index is 178. The summed E-state index contributed by atoms with van der Waals surface area (Å²) in [6.07, 6.45) is 8.01. The lowest BCUT2D eigenvalue weighted by molar-refractivity contribution is -0.0170.